The monoisotopic (exact) mass is 269 g/mol. The van der Waals surface area contributed by atoms with Crippen molar-refractivity contribution < 1.29 is 4.79 Å². The van der Waals surface area contributed by atoms with Crippen molar-refractivity contribution in [3.63, 3.8) is 0 Å². The third-order valence-corrected chi connectivity index (χ3v) is 3.66. The second kappa shape index (κ2) is 7.25. The normalized spacial score (nSPS) is 25.7. The second-order valence-electron chi connectivity index (χ2n) is 6.51. The van der Waals surface area contributed by atoms with E-state index in [0.29, 0.717) is 11.8 Å². The molecule has 0 bridgehead atoms. The summed E-state index contributed by atoms with van der Waals surface area (Å²) in [4.78, 5) is 16.8. The highest BCUT2D eigenvalue weighted by Gasteiger charge is 2.40. The standard InChI is InChI=1S/C15H31N3O/c1-7-8-14-16-13(9-11(2)3)15(19)18(14)12(4)10-17(5)6/h11-14,16H,7-10H2,1-6H3. The van der Waals surface area contributed by atoms with Crippen LogP contribution in [0.25, 0.3) is 0 Å². The maximum Gasteiger partial charge on any atom is 0.241 e. The topological polar surface area (TPSA) is 35.6 Å². The Morgan fingerprint density at radius 1 is 1.32 bits per heavy atom. The SMILES string of the molecule is CCCC1NC(CC(C)C)C(=O)N1C(C)CN(C)C. The Kier molecular flexibility index (Phi) is 6.27. The van der Waals surface area contributed by atoms with Crippen molar-refractivity contribution in [3.8, 4) is 0 Å². The molecule has 4 heteroatoms. The molecule has 0 radical (unpaired) electrons. The highest BCUT2D eigenvalue weighted by atomic mass is 16.2. The number of nitrogens with zero attached hydrogens (tertiary/aromatic N) is 2. The van der Waals surface area contributed by atoms with Crippen LogP contribution in [0.4, 0.5) is 0 Å². The fourth-order valence-electron chi connectivity index (χ4n) is 2.99. The van der Waals surface area contributed by atoms with Gasteiger partial charge in [-0.05, 0) is 39.8 Å². The first kappa shape index (κ1) is 16.4. The molecule has 0 aliphatic carbocycles. The number of hydrogen-bond donors (Lipinski definition) is 1. The molecule has 0 spiro atoms. The average molecular weight is 269 g/mol. The lowest BCUT2D eigenvalue weighted by atomic mass is 10.0. The number of amides is 1. The van der Waals surface area contributed by atoms with Crippen LogP contribution in [-0.4, -0.2) is 54.6 Å². The Morgan fingerprint density at radius 2 is 1.95 bits per heavy atom. The third-order valence-electron chi connectivity index (χ3n) is 3.66. The van der Waals surface area contributed by atoms with Crippen LogP contribution in [0.1, 0.15) is 47.0 Å². The van der Waals surface area contributed by atoms with Gasteiger partial charge in [0.25, 0.3) is 0 Å². The summed E-state index contributed by atoms with van der Waals surface area (Å²) in [6.45, 7) is 9.60. The number of likely N-dealkylation sites (N-methyl/N-ethyl adjacent to an activating group) is 1. The summed E-state index contributed by atoms with van der Waals surface area (Å²) in [5, 5.41) is 3.54. The van der Waals surface area contributed by atoms with Crippen LogP contribution in [0.15, 0.2) is 0 Å². The van der Waals surface area contributed by atoms with Crippen molar-refractivity contribution in [1.29, 1.82) is 0 Å². The molecule has 1 saturated heterocycles. The lowest BCUT2D eigenvalue weighted by Gasteiger charge is -2.32. The van der Waals surface area contributed by atoms with Gasteiger partial charge in [-0.15, -0.1) is 0 Å². The van der Waals surface area contributed by atoms with Crippen molar-refractivity contribution >= 4 is 5.91 Å². The van der Waals surface area contributed by atoms with E-state index in [1.807, 2.05) is 0 Å². The van der Waals surface area contributed by atoms with Gasteiger partial charge >= 0.3 is 0 Å². The molecule has 1 fully saturated rings. The van der Waals surface area contributed by atoms with Crippen LogP contribution in [0.5, 0.6) is 0 Å². The summed E-state index contributed by atoms with van der Waals surface area (Å²) >= 11 is 0. The van der Waals surface area contributed by atoms with Gasteiger partial charge in [-0.1, -0.05) is 27.2 Å². The highest BCUT2D eigenvalue weighted by Crippen LogP contribution is 2.22. The van der Waals surface area contributed by atoms with Gasteiger partial charge in [-0.3, -0.25) is 10.1 Å². The van der Waals surface area contributed by atoms with E-state index in [0.717, 1.165) is 25.8 Å². The number of nitrogens with one attached hydrogen (secondary N) is 1. The molecule has 3 unspecified atom stereocenters. The quantitative estimate of drug-likeness (QED) is 0.767. The number of hydrogen-bond acceptors (Lipinski definition) is 3. The molecule has 1 rings (SSSR count). The number of carbonyl (C=O) groups excluding carboxylic acids is 1. The van der Waals surface area contributed by atoms with Crippen LogP contribution >= 0.6 is 0 Å². The zero-order chi connectivity index (χ0) is 14.6. The molecule has 1 amide bonds. The van der Waals surface area contributed by atoms with E-state index in [-0.39, 0.29) is 18.2 Å². The minimum absolute atomic E-state index is 0.0150. The van der Waals surface area contributed by atoms with E-state index in [4.69, 9.17) is 0 Å². The summed E-state index contributed by atoms with van der Waals surface area (Å²) in [6, 6.07) is 0.282. The second-order valence-corrected chi connectivity index (χ2v) is 6.51. The minimum Gasteiger partial charge on any atom is -0.322 e. The van der Waals surface area contributed by atoms with Gasteiger partial charge in [0.1, 0.15) is 0 Å². The number of rotatable bonds is 7. The first-order chi connectivity index (χ1) is 8.86. The highest BCUT2D eigenvalue weighted by molar-refractivity contribution is 5.84. The van der Waals surface area contributed by atoms with Crippen LogP contribution in [0.2, 0.25) is 0 Å². The Balaban J connectivity index is 2.76. The fourth-order valence-corrected chi connectivity index (χ4v) is 2.99. The summed E-state index contributed by atoms with van der Waals surface area (Å²) in [6.07, 6.45) is 3.29. The van der Waals surface area contributed by atoms with Crippen LogP contribution < -0.4 is 5.32 Å². The molecular formula is C15H31N3O. The average Bonchev–Trinajstić information content (AvgIpc) is 2.54. The lowest BCUT2D eigenvalue weighted by molar-refractivity contribution is -0.132. The maximum atomic E-state index is 12.6. The van der Waals surface area contributed by atoms with Gasteiger partial charge < -0.3 is 9.80 Å². The predicted octanol–water partition coefficient (Wildman–Crippen LogP) is 1.91. The minimum atomic E-state index is 0.0150. The maximum absolute atomic E-state index is 12.6. The summed E-state index contributed by atoms with van der Waals surface area (Å²) < 4.78 is 0. The van der Waals surface area contributed by atoms with Gasteiger partial charge in [0.05, 0.1) is 12.2 Å². The molecule has 1 aliphatic heterocycles. The molecule has 1 heterocycles. The summed E-state index contributed by atoms with van der Waals surface area (Å²) in [7, 11) is 4.12. The van der Waals surface area contributed by atoms with E-state index < -0.39 is 0 Å². The van der Waals surface area contributed by atoms with E-state index in [2.05, 4.69) is 56.9 Å². The van der Waals surface area contributed by atoms with E-state index in [1.165, 1.54) is 0 Å². The molecule has 1 N–H and O–H groups in total. The molecule has 112 valence electrons. The molecular weight excluding hydrogens is 238 g/mol. The molecule has 0 saturated carbocycles. The Bertz CT molecular complexity index is 291. The van der Waals surface area contributed by atoms with Gasteiger partial charge in [0.2, 0.25) is 5.91 Å². The first-order valence-electron chi connectivity index (χ1n) is 7.59. The zero-order valence-corrected chi connectivity index (χ0v) is 13.4. The van der Waals surface area contributed by atoms with Gasteiger partial charge in [0, 0.05) is 12.6 Å². The Hall–Kier alpha value is -0.610. The van der Waals surface area contributed by atoms with E-state index in [9.17, 15) is 4.79 Å². The van der Waals surface area contributed by atoms with Crippen molar-refractivity contribution in [1.82, 2.24) is 15.1 Å². The Labute approximate surface area is 118 Å². The van der Waals surface area contributed by atoms with Crippen LogP contribution in [-0.2, 0) is 4.79 Å². The van der Waals surface area contributed by atoms with Gasteiger partial charge in [0.15, 0.2) is 0 Å². The van der Waals surface area contributed by atoms with E-state index >= 15 is 0 Å². The van der Waals surface area contributed by atoms with Crippen LogP contribution in [0.3, 0.4) is 0 Å². The molecule has 4 nitrogen and oxygen atoms in total. The first-order valence-corrected chi connectivity index (χ1v) is 7.59. The molecule has 1 aliphatic rings. The summed E-state index contributed by atoms with van der Waals surface area (Å²) in [5.74, 6) is 0.842. The van der Waals surface area contributed by atoms with Gasteiger partial charge in [-0.25, -0.2) is 0 Å². The zero-order valence-electron chi connectivity index (χ0n) is 13.4. The molecule has 0 aromatic rings. The largest absolute Gasteiger partial charge is 0.322 e. The third kappa shape index (κ3) is 4.46. The van der Waals surface area contributed by atoms with Crippen molar-refractivity contribution in [3.05, 3.63) is 0 Å². The molecule has 19 heavy (non-hydrogen) atoms. The van der Waals surface area contributed by atoms with Crippen molar-refractivity contribution in [2.24, 2.45) is 5.92 Å². The van der Waals surface area contributed by atoms with Crippen LogP contribution in [0, 0.1) is 5.92 Å². The predicted molar refractivity (Wildman–Crippen MR) is 79.9 cm³/mol. The number of carbonyl (C=O) groups is 1. The Morgan fingerprint density at radius 3 is 2.42 bits per heavy atom. The molecule has 3 atom stereocenters. The lowest BCUT2D eigenvalue weighted by Crippen LogP contribution is -2.47. The molecule has 0 aromatic heterocycles. The fraction of sp³-hybridized carbons (Fsp3) is 0.933. The van der Waals surface area contributed by atoms with E-state index in [1.54, 1.807) is 0 Å². The van der Waals surface area contributed by atoms with Crippen molar-refractivity contribution in [2.75, 3.05) is 20.6 Å². The summed E-state index contributed by atoms with van der Waals surface area (Å²) in [5.41, 5.74) is 0. The van der Waals surface area contributed by atoms with Gasteiger partial charge in [-0.2, -0.15) is 0 Å². The smallest absolute Gasteiger partial charge is 0.241 e. The van der Waals surface area contributed by atoms with Crippen molar-refractivity contribution in [2.45, 2.75) is 65.2 Å². The molecule has 0 aromatic carbocycles.